The summed E-state index contributed by atoms with van der Waals surface area (Å²) in [5.41, 5.74) is 2.45. The molecule has 0 spiro atoms. The number of benzene rings is 2. The van der Waals surface area contributed by atoms with Crippen molar-refractivity contribution in [2.24, 2.45) is 11.8 Å². The summed E-state index contributed by atoms with van der Waals surface area (Å²) >= 11 is 0. The van der Waals surface area contributed by atoms with Gasteiger partial charge in [0.1, 0.15) is 6.10 Å². The molecule has 0 heterocycles. The highest BCUT2D eigenvalue weighted by atomic mass is 32.2. The lowest BCUT2D eigenvalue weighted by molar-refractivity contribution is -0.384. The van der Waals surface area contributed by atoms with Crippen LogP contribution >= 0.6 is 0 Å². The Hall–Kier alpha value is -2.98. The lowest BCUT2D eigenvalue weighted by Crippen LogP contribution is -2.45. The van der Waals surface area contributed by atoms with Gasteiger partial charge in [-0.2, -0.15) is 13.9 Å². The average Bonchev–Trinajstić information content (AvgIpc) is 2.78. The maximum absolute atomic E-state index is 12.4. The van der Waals surface area contributed by atoms with Crippen LogP contribution in [-0.4, -0.2) is 25.5 Å². The first-order valence-electron chi connectivity index (χ1n) is 10.7. The Bertz CT molecular complexity index is 1090. The minimum absolute atomic E-state index is 0.0353. The summed E-state index contributed by atoms with van der Waals surface area (Å²) in [6.07, 6.45) is 1.10. The fraction of sp³-hybridized carbons (Fsp3) is 0.435. The molecular weight excluding hydrogens is 448 g/mol. The van der Waals surface area contributed by atoms with E-state index in [0.717, 1.165) is 42.7 Å². The molecule has 3 rings (SSSR count). The van der Waals surface area contributed by atoms with Crippen molar-refractivity contribution in [3.05, 3.63) is 70.3 Å². The molecule has 1 saturated carbocycles. The van der Waals surface area contributed by atoms with Crippen LogP contribution in [0.3, 0.4) is 0 Å². The van der Waals surface area contributed by atoms with E-state index < -0.39 is 27.2 Å². The number of hydroxylamine groups is 1. The third-order valence-electron chi connectivity index (χ3n) is 6.33. The number of non-ortho nitro benzene ring substituents is 1. The molecule has 3 atom stereocenters. The molecule has 0 aromatic heterocycles. The number of nitro groups is 1. The zero-order valence-corrected chi connectivity index (χ0v) is 19.6. The highest BCUT2D eigenvalue weighted by Gasteiger charge is 2.42. The van der Waals surface area contributed by atoms with Crippen LogP contribution in [0, 0.1) is 22.0 Å². The van der Waals surface area contributed by atoms with Gasteiger partial charge in [-0.1, -0.05) is 57.5 Å². The van der Waals surface area contributed by atoms with Gasteiger partial charge in [0.2, 0.25) is 0 Å². The number of nitrogens with zero attached hydrogens (tertiary/aromatic N) is 1. The van der Waals surface area contributed by atoms with Crippen LogP contribution in [0.15, 0.2) is 59.5 Å². The maximum Gasteiger partial charge on any atom is 0.432 e. The summed E-state index contributed by atoms with van der Waals surface area (Å²) in [5.74, 6) is 0.392. The Morgan fingerprint density at radius 2 is 1.73 bits per heavy atom. The van der Waals surface area contributed by atoms with Crippen molar-refractivity contribution >= 4 is 21.9 Å². The Labute approximate surface area is 193 Å². The number of rotatable bonds is 7. The molecule has 1 aliphatic rings. The highest BCUT2D eigenvalue weighted by Crippen LogP contribution is 2.43. The average molecular weight is 477 g/mol. The lowest BCUT2D eigenvalue weighted by atomic mass is 9.64. The van der Waals surface area contributed by atoms with Gasteiger partial charge in [-0.3, -0.25) is 10.1 Å². The number of carbonyl (C=O) groups is 1. The molecule has 0 saturated heterocycles. The quantitative estimate of drug-likeness (QED) is 0.452. The molecule has 1 fully saturated rings. The van der Waals surface area contributed by atoms with Crippen LogP contribution in [0.5, 0.6) is 0 Å². The van der Waals surface area contributed by atoms with Crippen LogP contribution in [0.1, 0.15) is 45.6 Å². The van der Waals surface area contributed by atoms with Crippen LogP contribution in [0.25, 0.3) is 0 Å². The second-order valence-electron chi connectivity index (χ2n) is 8.95. The molecule has 2 aromatic carbocycles. The van der Waals surface area contributed by atoms with Crippen molar-refractivity contribution in [3.63, 3.8) is 0 Å². The minimum atomic E-state index is -4.37. The topological polar surface area (TPSA) is 125 Å². The second-order valence-corrected chi connectivity index (χ2v) is 10.5. The van der Waals surface area contributed by atoms with Crippen molar-refractivity contribution < 1.29 is 27.2 Å². The molecule has 0 unspecified atom stereocenters. The molecule has 1 aliphatic carbocycles. The summed E-state index contributed by atoms with van der Waals surface area (Å²) < 4.78 is 34.9. The van der Waals surface area contributed by atoms with E-state index in [4.69, 9.17) is 4.74 Å². The Balaban J connectivity index is 1.67. The van der Waals surface area contributed by atoms with E-state index in [-0.39, 0.29) is 21.9 Å². The Kier molecular flexibility index (Phi) is 7.38. The third kappa shape index (κ3) is 5.88. The molecule has 0 radical (unpaired) electrons. The molecule has 178 valence electrons. The van der Waals surface area contributed by atoms with E-state index >= 15 is 0 Å². The van der Waals surface area contributed by atoms with Crippen molar-refractivity contribution in [3.8, 4) is 0 Å². The van der Waals surface area contributed by atoms with Crippen LogP contribution < -0.4 is 5.48 Å². The second kappa shape index (κ2) is 9.88. The number of nitro benzene ring substituents is 1. The summed E-state index contributed by atoms with van der Waals surface area (Å²) in [6, 6.07) is 14.1. The number of carbonyl (C=O) groups excluding carboxylic acids is 1. The van der Waals surface area contributed by atoms with Crippen LogP contribution in [-0.2, 0) is 24.6 Å². The summed E-state index contributed by atoms with van der Waals surface area (Å²) in [4.78, 5) is 22.2. The van der Waals surface area contributed by atoms with Gasteiger partial charge in [-0.15, -0.1) is 4.28 Å². The maximum atomic E-state index is 12.4. The predicted molar refractivity (Wildman–Crippen MR) is 121 cm³/mol. The van der Waals surface area contributed by atoms with Gasteiger partial charge in [-0.25, -0.2) is 4.79 Å². The van der Waals surface area contributed by atoms with Crippen molar-refractivity contribution in [2.75, 3.05) is 0 Å². The molecule has 33 heavy (non-hydrogen) atoms. The molecule has 1 N–H and O–H groups in total. The smallest absolute Gasteiger partial charge is 0.432 e. The van der Waals surface area contributed by atoms with Crippen LogP contribution in [0.4, 0.5) is 10.5 Å². The van der Waals surface area contributed by atoms with E-state index in [1.165, 1.54) is 0 Å². The number of hydrogen-bond acceptors (Lipinski definition) is 7. The fourth-order valence-electron chi connectivity index (χ4n) is 4.40. The van der Waals surface area contributed by atoms with Crippen LogP contribution in [0.2, 0.25) is 0 Å². The summed E-state index contributed by atoms with van der Waals surface area (Å²) in [6.45, 7) is 6.33. The van der Waals surface area contributed by atoms with Gasteiger partial charge < -0.3 is 4.74 Å². The van der Waals surface area contributed by atoms with E-state index in [1.54, 1.807) is 0 Å². The first-order chi connectivity index (χ1) is 15.5. The van der Waals surface area contributed by atoms with Gasteiger partial charge >= 0.3 is 16.2 Å². The molecule has 9 nitrogen and oxygen atoms in total. The Morgan fingerprint density at radius 3 is 2.33 bits per heavy atom. The third-order valence-corrected chi connectivity index (χ3v) is 7.48. The number of amides is 1. The predicted octanol–water partition coefficient (Wildman–Crippen LogP) is 4.72. The van der Waals surface area contributed by atoms with E-state index in [9.17, 15) is 23.3 Å². The van der Waals surface area contributed by atoms with Gasteiger partial charge in [-0.05, 0) is 41.9 Å². The SMILES string of the molecule is C[C@@H]1CC[C@@H](C(C)(C)c2ccccc2)[C@H](OC(=O)NOS(=O)(=O)c2ccc([N+](=O)[O-])cc2)C1. The standard InChI is InChI=1S/C23H28N2O7S/c1-16-9-14-20(23(2,3)17-7-5-4-6-8-17)21(15-16)31-22(26)24-32-33(29,30)19-12-10-18(11-13-19)25(27)28/h4-8,10-13,16,20-21H,9,14-15H2,1-3H3,(H,24,26)/t16-,20-,21-/m1/s1. The largest absolute Gasteiger partial charge is 0.444 e. The van der Waals surface area contributed by atoms with Gasteiger partial charge in [0.25, 0.3) is 5.69 Å². The Morgan fingerprint density at radius 1 is 1.09 bits per heavy atom. The molecule has 0 aliphatic heterocycles. The van der Waals surface area contributed by atoms with Gasteiger partial charge in [0.05, 0.1) is 9.82 Å². The molecule has 10 heteroatoms. The van der Waals surface area contributed by atoms with Gasteiger partial charge in [0, 0.05) is 18.1 Å². The van der Waals surface area contributed by atoms with E-state index in [2.05, 4.69) is 37.2 Å². The fourth-order valence-corrected chi connectivity index (χ4v) is 5.14. The van der Waals surface area contributed by atoms with E-state index in [1.807, 2.05) is 23.7 Å². The minimum Gasteiger partial charge on any atom is -0.444 e. The molecule has 2 aromatic rings. The molecule has 0 bridgehead atoms. The highest BCUT2D eigenvalue weighted by molar-refractivity contribution is 7.86. The number of nitrogens with one attached hydrogen (secondary N) is 1. The number of hydrogen-bond donors (Lipinski definition) is 1. The zero-order valence-electron chi connectivity index (χ0n) is 18.8. The molecule has 1 amide bonds. The van der Waals surface area contributed by atoms with Crippen molar-refractivity contribution in [1.29, 1.82) is 0 Å². The van der Waals surface area contributed by atoms with E-state index in [0.29, 0.717) is 12.3 Å². The molecular formula is C23H28N2O7S. The zero-order chi connectivity index (χ0) is 24.2. The lowest BCUT2D eigenvalue weighted by Gasteiger charge is -2.43. The summed E-state index contributed by atoms with van der Waals surface area (Å²) in [7, 11) is -4.37. The van der Waals surface area contributed by atoms with Gasteiger partial charge in [0.15, 0.2) is 0 Å². The first kappa shape index (κ1) is 24.7. The van der Waals surface area contributed by atoms with Crippen molar-refractivity contribution in [2.45, 2.75) is 56.4 Å². The first-order valence-corrected chi connectivity index (χ1v) is 12.1. The van der Waals surface area contributed by atoms with Crippen molar-refractivity contribution in [1.82, 2.24) is 5.48 Å². The monoisotopic (exact) mass is 476 g/mol. The summed E-state index contributed by atoms with van der Waals surface area (Å²) in [5, 5.41) is 10.7. The normalized spacial score (nSPS) is 21.2. The number of ether oxygens (including phenoxy) is 1.